The van der Waals surface area contributed by atoms with E-state index in [4.69, 9.17) is 14.6 Å². The molecule has 0 fully saturated rings. The van der Waals surface area contributed by atoms with Crippen LogP contribution in [0.25, 0.3) is 0 Å². The third-order valence-corrected chi connectivity index (χ3v) is 3.04. The van der Waals surface area contributed by atoms with Gasteiger partial charge in [-0.1, -0.05) is 18.6 Å². The lowest BCUT2D eigenvalue weighted by molar-refractivity contribution is 0.00652. The molecule has 0 unspecified atom stereocenters. The van der Waals surface area contributed by atoms with Crippen LogP contribution in [0.4, 0.5) is 0 Å². The van der Waals surface area contributed by atoms with Crippen molar-refractivity contribution in [2.24, 2.45) is 0 Å². The lowest BCUT2D eigenvalue weighted by atomic mass is 10.00. The maximum absolute atomic E-state index is 12.4. The predicted molar refractivity (Wildman–Crippen MR) is 82.8 cm³/mol. The van der Waals surface area contributed by atoms with E-state index >= 15 is 0 Å². The zero-order chi connectivity index (χ0) is 15.9. The molecule has 0 amide bonds. The molecular formula is C17H26O4. The van der Waals surface area contributed by atoms with E-state index in [9.17, 15) is 4.79 Å². The summed E-state index contributed by atoms with van der Waals surface area (Å²) < 4.78 is 10.8. The van der Waals surface area contributed by atoms with Crippen LogP contribution in [-0.2, 0) is 11.2 Å². The molecule has 4 heteroatoms. The summed E-state index contributed by atoms with van der Waals surface area (Å²) in [6.45, 7) is 5.75. The number of benzene rings is 1. The van der Waals surface area contributed by atoms with E-state index in [2.05, 4.69) is 0 Å². The fraction of sp³-hybridized carbons (Fsp3) is 0.588. The highest BCUT2D eigenvalue weighted by atomic mass is 16.6. The molecule has 21 heavy (non-hydrogen) atoms. The lowest BCUT2D eigenvalue weighted by Gasteiger charge is -2.21. The molecular weight excluding hydrogens is 268 g/mol. The van der Waals surface area contributed by atoms with E-state index in [1.54, 1.807) is 13.2 Å². The first-order chi connectivity index (χ1) is 9.89. The van der Waals surface area contributed by atoms with Crippen molar-refractivity contribution in [2.45, 2.75) is 52.1 Å². The van der Waals surface area contributed by atoms with Crippen LogP contribution in [0.5, 0.6) is 5.75 Å². The molecule has 0 saturated heterocycles. The number of ether oxygens (including phenoxy) is 2. The van der Waals surface area contributed by atoms with Gasteiger partial charge in [-0.2, -0.15) is 0 Å². The van der Waals surface area contributed by atoms with E-state index in [0.29, 0.717) is 11.3 Å². The summed E-state index contributed by atoms with van der Waals surface area (Å²) in [5, 5.41) is 8.82. The molecule has 1 N–H and O–H groups in total. The topological polar surface area (TPSA) is 55.8 Å². The van der Waals surface area contributed by atoms with Crippen molar-refractivity contribution in [1.29, 1.82) is 0 Å². The summed E-state index contributed by atoms with van der Waals surface area (Å²) >= 11 is 0. The number of aliphatic hydroxyl groups excluding tert-OH is 1. The highest BCUT2D eigenvalue weighted by Gasteiger charge is 2.23. The summed E-state index contributed by atoms with van der Waals surface area (Å²) in [5.41, 5.74) is 0.909. The normalized spacial score (nSPS) is 11.3. The van der Waals surface area contributed by atoms with Crippen molar-refractivity contribution < 1.29 is 19.4 Å². The van der Waals surface area contributed by atoms with Gasteiger partial charge < -0.3 is 14.6 Å². The smallest absolute Gasteiger partial charge is 0.342 e. The van der Waals surface area contributed by atoms with Crippen LogP contribution >= 0.6 is 0 Å². The molecule has 0 radical (unpaired) electrons. The van der Waals surface area contributed by atoms with Crippen molar-refractivity contribution >= 4 is 5.97 Å². The molecule has 0 aliphatic rings. The molecule has 0 atom stereocenters. The first kappa shape index (κ1) is 17.5. The number of esters is 1. The molecule has 0 aliphatic carbocycles. The number of unbranched alkanes of at least 4 members (excludes halogenated alkanes) is 2. The molecule has 1 aromatic carbocycles. The number of hydrogen-bond donors (Lipinski definition) is 1. The van der Waals surface area contributed by atoms with E-state index in [0.717, 1.165) is 31.2 Å². The Morgan fingerprint density at radius 2 is 1.90 bits per heavy atom. The van der Waals surface area contributed by atoms with Crippen LogP contribution in [0.2, 0.25) is 0 Å². The van der Waals surface area contributed by atoms with Crippen LogP contribution in [0.3, 0.4) is 0 Å². The number of aliphatic hydroxyl groups is 1. The summed E-state index contributed by atoms with van der Waals surface area (Å²) in [6.07, 6.45) is 3.41. The largest absolute Gasteiger partial charge is 0.496 e. The highest BCUT2D eigenvalue weighted by Crippen LogP contribution is 2.26. The second-order valence-corrected chi connectivity index (χ2v) is 6.03. The zero-order valence-electron chi connectivity index (χ0n) is 13.4. The standard InChI is InChI=1S/C17H26O4/c1-17(2,3)21-16(19)15-13(9-6-5-7-12-18)10-8-11-14(15)20-4/h8,10-11,18H,5-7,9,12H2,1-4H3. The Morgan fingerprint density at radius 3 is 2.48 bits per heavy atom. The molecule has 118 valence electrons. The van der Waals surface area contributed by atoms with Gasteiger partial charge in [-0.3, -0.25) is 0 Å². The minimum Gasteiger partial charge on any atom is -0.496 e. The molecule has 0 saturated carbocycles. The maximum atomic E-state index is 12.4. The molecule has 1 rings (SSSR count). The van der Waals surface area contributed by atoms with Gasteiger partial charge in [0.25, 0.3) is 0 Å². The van der Waals surface area contributed by atoms with Gasteiger partial charge in [0.2, 0.25) is 0 Å². The van der Waals surface area contributed by atoms with Crippen LogP contribution < -0.4 is 4.74 Å². The second-order valence-electron chi connectivity index (χ2n) is 6.03. The van der Waals surface area contributed by atoms with Crippen molar-refractivity contribution in [3.63, 3.8) is 0 Å². The van der Waals surface area contributed by atoms with E-state index in [-0.39, 0.29) is 12.6 Å². The highest BCUT2D eigenvalue weighted by molar-refractivity contribution is 5.94. The fourth-order valence-corrected chi connectivity index (χ4v) is 2.12. The fourth-order valence-electron chi connectivity index (χ4n) is 2.12. The Labute approximate surface area is 127 Å². The van der Waals surface area contributed by atoms with E-state index in [1.165, 1.54) is 0 Å². The summed E-state index contributed by atoms with van der Waals surface area (Å²) in [7, 11) is 1.55. The maximum Gasteiger partial charge on any atom is 0.342 e. The van der Waals surface area contributed by atoms with E-state index < -0.39 is 5.60 Å². The molecule has 0 aliphatic heterocycles. The Hall–Kier alpha value is -1.55. The average Bonchev–Trinajstić information content (AvgIpc) is 2.41. The van der Waals surface area contributed by atoms with Gasteiger partial charge in [-0.05, 0) is 51.7 Å². The van der Waals surface area contributed by atoms with Gasteiger partial charge in [0, 0.05) is 6.61 Å². The Kier molecular flexibility index (Phi) is 6.69. The number of hydrogen-bond acceptors (Lipinski definition) is 4. The minimum absolute atomic E-state index is 0.205. The lowest BCUT2D eigenvalue weighted by Crippen LogP contribution is -2.25. The average molecular weight is 294 g/mol. The minimum atomic E-state index is -0.536. The number of carbonyl (C=O) groups excluding carboxylic acids is 1. The van der Waals surface area contributed by atoms with Gasteiger partial charge in [-0.25, -0.2) is 4.79 Å². The van der Waals surface area contributed by atoms with Crippen molar-refractivity contribution in [1.82, 2.24) is 0 Å². The van der Waals surface area contributed by atoms with Gasteiger partial charge in [0.05, 0.1) is 7.11 Å². The zero-order valence-corrected chi connectivity index (χ0v) is 13.4. The number of rotatable bonds is 7. The van der Waals surface area contributed by atoms with Gasteiger partial charge in [-0.15, -0.1) is 0 Å². The summed E-state index contributed by atoms with van der Waals surface area (Å²) in [5.74, 6) is 0.195. The number of methoxy groups -OCH3 is 1. The first-order valence-electron chi connectivity index (χ1n) is 7.39. The van der Waals surface area contributed by atoms with Crippen molar-refractivity contribution in [3.8, 4) is 5.75 Å². The molecule has 0 aromatic heterocycles. The van der Waals surface area contributed by atoms with Crippen LogP contribution in [0, 0.1) is 0 Å². The summed E-state index contributed by atoms with van der Waals surface area (Å²) in [6, 6.07) is 5.59. The van der Waals surface area contributed by atoms with Crippen molar-refractivity contribution in [2.75, 3.05) is 13.7 Å². The Morgan fingerprint density at radius 1 is 1.19 bits per heavy atom. The molecule has 0 heterocycles. The van der Waals surface area contributed by atoms with Gasteiger partial charge in [0.1, 0.15) is 16.9 Å². The summed E-state index contributed by atoms with van der Waals surface area (Å²) in [4.78, 5) is 12.4. The van der Waals surface area contributed by atoms with Crippen molar-refractivity contribution in [3.05, 3.63) is 29.3 Å². The monoisotopic (exact) mass is 294 g/mol. The first-order valence-corrected chi connectivity index (χ1v) is 7.39. The third kappa shape index (κ3) is 5.76. The molecule has 0 bridgehead atoms. The second kappa shape index (κ2) is 8.03. The van der Waals surface area contributed by atoms with E-state index in [1.807, 2.05) is 32.9 Å². The Bertz CT molecular complexity index is 460. The third-order valence-electron chi connectivity index (χ3n) is 3.04. The SMILES string of the molecule is COc1cccc(CCCCCO)c1C(=O)OC(C)(C)C. The number of carbonyl (C=O) groups is 1. The number of aryl methyl sites for hydroxylation is 1. The van der Waals surface area contributed by atoms with Gasteiger partial charge in [0.15, 0.2) is 0 Å². The molecule has 1 aromatic rings. The van der Waals surface area contributed by atoms with Crippen LogP contribution in [-0.4, -0.2) is 30.4 Å². The van der Waals surface area contributed by atoms with Crippen LogP contribution in [0.15, 0.2) is 18.2 Å². The molecule has 0 spiro atoms. The van der Waals surface area contributed by atoms with Gasteiger partial charge >= 0.3 is 5.97 Å². The Balaban J connectivity index is 2.94. The quantitative estimate of drug-likeness (QED) is 0.619. The predicted octanol–water partition coefficient (Wildman–Crippen LogP) is 3.36. The van der Waals surface area contributed by atoms with Crippen LogP contribution in [0.1, 0.15) is 56.0 Å². The molecule has 4 nitrogen and oxygen atoms in total.